The highest BCUT2D eigenvalue weighted by Crippen LogP contribution is 2.21. The largest absolute Gasteiger partial charge is 0.497 e. The zero-order valence-electron chi connectivity index (χ0n) is 15.1. The van der Waals surface area contributed by atoms with Gasteiger partial charge in [-0.1, -0.05) is 6.07 Å². The Balaban J connectivity index is 2.10. The van der Waals surface area contributed by atoms with Crippen LogP contribution < -0.4 is 19.5 Å². The van der Waals surface area contributed by atoms with Crippen molar-refractivity contribution >= 4 is 21.6 Å². The number of ether oxygens (including phenoxy) is 2. The number of methoxy groups -OCH3 is 2. The Hall–Kier alpha value is -2.58. The van der Waals surface area contributed by atoms with Crippen molar-refractivity contribution in [3.05, 3.63) is 48.0 Å². The molecule has 0 heterocycles. The van der Waals surface area contributed by atoms with E-state index in [1.807, 2.05) is 0 Å². The fourth-order valence-electron chi connectivity index (χ4n) is 2.32. The molecule has 26 heavy (non-hydrogen) atoms. The van der Waals surface area contributed by atoms with Gasteiger partial charge < -0.3 is 14.8 Å². The van der Waals surface area contributed by atoms with E-state index in [4.69, 9.17) is 9.47 Å². The normalized spacial score (nSPS) is 12.3. The third kappa shape index (κ3) is 4.74. The molecule has 0 aromatic heterocycles. The van der Waals surface area contributed by atoms with Crippen LogP contribution in [0.5, 0.6) is 11.5 Å². The van der Waals surface area contributed by atoms with E-state index in [2.05, 4.69) is 10.0 Å². The van der Waals surface area contributed by atoms with Gasteiger partial charge in [0.05, 0.1) is 25.2 Å². The summed E-state index contributed by atoms with van der Waals surface area (Å²) in [5, 5.41) is 2.65. The SMILES string of the molecule is COc1cccc(NC(=O)[C@H](C)NS(=O)(=O)c2ccc(OC)c(C)c2)c1. The summed E-state index contributed by atoms with van der Waals surface area (Å²) >= 11 is 0. The third-order valence-electron chi connectivity index (χ3n) is 3.74. The van der Waals surface area contributed by atoms with Crippen LogP contribution >= 0.6 is 0 Å². The molecule has 0 aliphatic heterocycles. The number of amides is 1. The van der Waals surface area contributed by atoms with Crippen molar-refractivity contribution in [2.45, 2.75) is 24.8 Å². The molecule has 2 N–H and O–H groups in total. The van der Waals surface area contributed by atoms with Crippen LogP contribution in [-0.4, -0.2) is 34.6 Å². The maximum atomic E-state index is 12.5. The molecule has 1 amide bonds. The number of carbonyl (C=O) groups is 1. The first-order chi connectivity index (χ1) is 12.3. The molecule has 0 bridgehead atoms. The lowest BCUT2D eigenvalue weighted by Crippen LogP contribution is -2.41. The number of anilines is 1. The first-order valence-electron chi connectivity index (χ1n) is 7.88. The Bertz CT molecular complexity index is 896. The van der Waals surface area contributed by atoms with Crippen LogP contribution in [0.2, 0.25) is 0 Å². The highest BCUT2D eigenvalue weighted by Gasteiger charge is 2.22. The minimum atomic E-state index is -3.85. The highest BCUT2D eigenvalue weighted by molar-refractivity contribution is 7.89. The summed E-state index contributed by atoms with van der Waals surface area (Å²) < 4.78 is 37.6. The molecular weight excluding hydrogens is 356 g/mol. The van der Waals surface area contributed by atoms with E-state index < -0.39 is 22.0 Å². The molecule has 1 atom stereocenters. The molecule has 2 aromatic rings. The number of hydrogen-bond donors (Lipinski definition) is 2. The van der Waals surface area contributed by atoms with Gasteiger partial charge in [-0.05, 0) is 49.7 Å². The van der Waals surface area contributed by atoms with Crippen LogP contribution in [0.3, 0.4) is 0 Å². The molecule has 140 valence electrons. The number of aryl methyl sites for hydroxylation is 1. The number of hydrogen-bond acceptors (Lipinski definition) is 5. The van der Waals surface area contributed by atoms with Crippen molar-refractivity contribution in [2.24, 2.45) is 0 Å². The van der Waals surface area contributed by atoms with Gasteiger partial charge in [-0.15, -0.1) is 0 Å². The summed E-state index contributed by atoms with van der Waals surface area (Å²) in [6, 6.07) is 10.3. The lowest BCUT2D eigenvalue weighted by Gasteiger charge is -2.15. The fraction of sp³-hybridized carbons (Fsp3) is 0.278. The molecule has 8 heteroatoms. The monoisotopic (exact) mass is 378 g/mol. The fourth-order valence-corrected chi connectivity index (χ4v) is 3.61. The maximum absolute atomic E-state index is 12.5. The average Bonchev–Trinajstić information content (AvgIpc) is 2.61. The minimum absolute atomic E-state index is 0.0665. The Morgan fingerprint density at radius 1 is 1.08 bits per heavy atom. The first-order valence-corrected chi connectivity index (χ1v) is 9.37. The van der Waals surface area contributed by atoms with Crippen LogP contribution in [0.15, 0.2) is 47.4 Å². The second kappa shape index (κ2) is 8.20. The maximum Gasteiger partial charge on any atom is 0.242 e. The second-order valence-electron chi connectivity index (χ2n) is 5.70. The molecule has 2 rings (SSSR count). The quantitative estimate of drug-likeness (QED) is 0.771. The van der Waals surface area contributed by atoms with Crippen LogP contribution in [0, 0.1) is 6.92 Å². The summed E-state index contributed by atoms with van der Waals surface area (Å²) in [5.41, 5.74) is 1.20. The van der Waals surface area contributed by atoms with Crippen LogP contribution in [0.4, 0.5) is 5.69 Å². The number of nitrogens with one attached hydrogen (secondary N) is 2. The molecule has 2 aromatic carbocycles. The molecule has 0 fully saturated rings. The van der Waals surface area contributed by atoms with E-state index in [0.717, 1.165) is 0 Å². The predicted molar refractivity (Wildman–Crippen MR) is 99.1 cm³/mol. The van der Waals surface area contributed by atoms with E-state index in [1.165, 1.54) is 33.3 Å². The first kappa shape index (κ1) is 19.7. The van der Waals surface area contributed by atoms with Gasteiger partial charge in [-0.25, -0.2) is 8.42 Å². The van der Waals surface area contributed by atoms with Gasteiger partial charge in [0.2, 0.25) is 15.9 Å². The Kier molecular flexibility index (Phi) is 6.23. The van der Waals surface area contributed by atoms with Gasteiger partial charge in [0.1, 0.15) is 11.5 Å². The Morgan fingerprint density at radius 3 is 2.42 bits per heavy atom. The zero-order chi connectivity index (χ0) is 19.3. The minimum Gasteiger partial charge on any atom is -0.497 e. The van der Waals surface area contributed by atoms with Crippen molar-refractivity contribution in [2.75, 3.05) is 19.5 Å². The summed E-state index contributed by atoms with van der Waals surface area (Å²) in [4.78, 5) is 12.4. The topological polar surface area (TPSA) is 93.7 Å². The van der Waals surface area contributed by atoms with Crippen molar-refractivity contribution in [3.63, 3.8) is 0 Å². The predicted octanol–water partition coefficient (Wildman–Crippen LogP) is 2.32. The molecule has 0 radical (unpaired) electrons. The highest BCUT2D eigenvalue weighted by atomic mass is 32.2. The summed E-state index contributed by atoms with van der Waals surface area (Å²) in [5.74, 6) is 0.699. The molecule has 0 unspecified atom stereocenters. The number of benzene rings is 2. The molecule has 0 saturated carbocycles. The number of carbonyl (C=O) groups excluding carboxylic acids is 1. The Morgan fingerprint density at radius 2 is 1.81 bits per heavy atom. The van der Waals surface area contributed by atoms with E-state index in [9.17, 15) is 13.2 Å². The van der Waals surface area contributed by atoms with Gasteiger partial charge in [0, 0.05) is 11.8 Å². The van der Waals surface area contributed by atoms with Gasteiger partial charge in [-0.3, -0.25) is 4.79 Å². The molecule has 0 aliphatic carbocycles. The standard InChI is InChI=1S/C18H22N2O5S/c1-12-10-16(8-9-17(12)25-4)26(22,23)20-13(2)18(21)19-14-6-5-7-15(11-14)24-3/h5-11,13,20H,1-4H3,(H,19,21)/t13-/m0/s1. The molecule has 0 saturated heterocycles. The van der Waals surface area contributed by atoms with Crippen molar-refractivity contribution in [1.29, 1.82) is 0 Å². The van der Waals surface area contributed by atoms with Gasteiger partial charge in [0.15, 0.2) is 0 Å². The third-order valence-corrected chi connectivity index (χ3v) is 5.28. The van der Waals surface area contributed by atoms with E-state index in [0.29, 0.717) is 22.7 Å². The van der Waals surface area contributed by atoms with Crippen LogP contribution in [0.1, 0.15) is 12.5 Å². The number of rotatable bonds is 7. The van der Waals surface area contributed by atoms with Gasteiger partial charge in [0.25, 0.3) is 0 Å². The smallest absolute Gasteiger partial charge is 0.242 e. The molecule has 7 nitrogen and oxygen atoms in total. The van der Waals surface area contributed by atoms with Crippen LogP contribution in [0.25, 0.3) is 0 Å². The second-order valence-corrected chi connectivity index (χ2v) is 7.41. The number of sulfonamides is 1. The van der Waals surface area contributed by atoms with E-state index in [1.54, 1.807) is 37.3 Å². The lowest BCUT2D eigenvalue weighted by molar-refractivity contribution is -0.117. The van der Waals surface area contributed by atoms with Gasteiger partial charge in [-0.2, -0.15) is 4.72 Å². The van der Waals surface area contributed by atoms with E-state index in [-0.39, 0.29) is 4.90 Å². The summed E-state index contributed by atoms with van der Waals surface area (Å²) in [6.45, 7) is 3.22. The van der Waals surface area contributed by atoms with E-state index >= 15 is 0 Å². The van der Waals surface area contributed by atoms with Crippen LogP contribution in [-0.2, 0) is 14.8 Å². The summed E-state index contributed by atoms with van der Waals surface area (Å²) in [6.07, 6.45) is 0. The van der Waals surface area contributed by atoms with Crippen molar-refractivity contribution < 1.29 is 22.7 Å². The Labute approximate surface area is 153 Å². The van der Waals surface area contributed by atoms with Crippen molar-refractivity contribution in [3.8, 4) is 11.5 Å². The van der Waals surface area contributed by atoms with Gasteiger partial charge >= 0.3 is 0 Å². The summed E-state index contributed by atoms with van der Waals surface area (Å²) in [7, 11) is -0.812. The average molecular weight is 378 g/mol. The lowest BCUT2D eigenvalue weighted by atomic mass is 10.2. The molecular formula is C18H22N2O5S. The molecule has 0 aliphatic rings. The van der Waals surface area contributed by atoms with Crippen molar-refractivity contribution in [1.82, 2.24) is 4.72 Å². The molecule has 0 spiro atoms. The zero-order valence-corrected chi connectivity index (χ0v) is 15.9.